The topological polar surface area (TPSA) is 98.7 Å². The van der Waals surface area contributed by atoms with Gasteiger partial charge in [-0.3, -0.25) is 9.59 Å². The van der Waals surface area contributed by atoms with E-state index in [9.17, 15) is 14.4 Å². The van der Waals surface area contributed by atoms with Crippen LogP contribution in [0.15, 0.2) is 0 Å². The highest BCUT2D eigenvalue weighted by Gasteiger charge is 2.28. The summed E-state index contributed by atoms with van der Waals surface area (Å²) in [5.41, 5.74) is -0.642. The Labute approximate surface area is 113 Å². The molecule has 0 fully saturated rings. The van der Waals surface area contributed by atoms with Crippen molar-refractivity contribution in [3.05, 3.63) is 0 Å². The molecule has 7 nitrogen and oxygen atoms in total. The minimum Gasteiger partial charge on any atom is -0.480 e. The van der Waals surface area contributed by atoms with Crippen LogP contribution in [0.2, 0.25) is 0 Å². The first kappa shape index (κ1) is 17.2. The van der Waals surface area contributed by atoms with Gasteiger partial charge in [0.1, 0.15) is 6.54 Å². The maximum absolute atomic E-state index is 11.9. The molecule has 3 N–H and O–H groups in total. The first-order chi connectivity index (χ1) is 8.54. The van der Waals surface area contributed by atoms with Crippen LogP contribution in [0.5, 0.6) is 0 Å². The Morgan fingerprint density at radius 1 is 1.21 bits per heavy atom. The van der Waals surface area contributed by atoms with Gasteiger partial charge in [-0.05, 0) is 34.6 Å². The second kappa shape index (κ2) is 6.96. The molecule has 0 spiro atoms. The lowest BCUT2D eigenvalue weighted by Crippen LogP contribution is -2.54. The molecular formula is C12H23N3O4. The molecule has 0 aromatic carbocycles. The Hall–Kier alpha value is -1.79. The standard InChI is InChI=1S/C12H23N3O4/c1-8(2)14-9(16)6-13-11(19)15(7-10(17)18)12(3,4)5/h8H,6-7H2,1-5H3,(H,13,19)(H,14,16)(H,17,18). The summed E-state index contributed by atoms with van der Waals surface area (Å²) in [7, 11) is 0. The molecule has 3 amide bonds. The first-order valence-electron chi connectivity index (χ1n) is 6.10. The van der Waals surface area contributed by atoms with Gasteiger partial charge in [0.2, 0.25) is 5.91 Å². The van der Waals surface area contributed by atoms with E-state index in [1.165, 1.54) is 0 Å². The van der Waals surface area contributed by atoms with Crippen LogP contribution >= 0.6 is 0 Å². The van der Waals surface area contributed by atoms with Crippen LogP contribution in [0.4, 0.5) is 4.79 Å². The number of nitrogens with zero attached hydrogens (tertiary/aromatic N) is 1. The zero-order valence-corrected chi connectivity index (χ0v) is 12.1. The zero-order chi connectivity index (χ0) is 15.2. The number of urea groups is 1. The van der Waals surface area contributed by atoms with Gasteiger partial charge in [0.05, 0.1) is 6.54 Å². The number of carboxylic acid groups (broad SMARTS) is 1. The van der Waals surface area contributed by atoms with E-state index in [0.29, 0.717) is 0 Å². The highest BCUT2D eigenvalue weighted by molar-refractivity contribution is 5.86. The van der Waals surface area contributed by atoms with Gasteiger partial charge >= 0.3 is 12.0 Å². The Bertz CT molecular complexity index is 347. The monoisotopic (exact) mass is 273 g/mol. The fourth-order valence-corrected chi connectivity index (χ4v) is 1.37. The quantitative estimate of drug-likeness (QED) is 0.675. The van der Waals surface area contributed by atoms with Crippen molar-refractivity contribution < 1.29 is 19.5 Å². The summed E-state index contributed by atoms with van der Waals surface area (Å²) in [4.78, 5) is 35.2. The minimum absolute atomic E-state index is 0.0119. The van der Waals surface area contributed by atoms with E-state index in [1.54, 1.807) is 20.8 Å². The van der Waals surface area contributed by atoms with Crippen LogP contribution < -0.4 is 10.6 Å². The maximum Gasteiger partial charge on any atom is 0.323 e. The number of hydrogen-bond donors (Lipinski definition) is 3. The molecule has 0 atom stereocenters. The average Bonchev–Trinajstić information content (AvgIpc) is 2.19. The summed E-state index contributed by atoms with van der Waals surface area (Å²) >= 11 is 0. The molecule has 0 aromatic heterocycles. The molecule has 0 aliphatic heterocycles. The van der Waals surface area contributed by atoms with E-state index in [1.807, 2.05) is 13.8 Å². The van der Waals surface area contributed by atoms with E-state index in [-0.39, 0.29) is 18.5 Å². The zero-order valence-electron chi connectivity index (χ0n) is 12.1. The number of nitrogens with one attached hydrogen (secondary N) is 2. The van der Waals surface area contributed by atoms with Crippen LogP contribution in [-0.2, 0) is 9.59 Å². The number of amides is 3. The Balaban J connectivity index is 4.50. The molecule has 0 rings (SSSR count). The Morgan fingerprint density at radius 3 is 2.11 bits per heavy atom. The second-order valence-electron chi connectivity index (χ2n) is 5.53. The lowest BCUT2D eigenvalue weighted by Gasteiger charge is -2.34. The number of carbonyl (C=O) groups excluding carboxylic acids is 2. The summed E-state index contributed by atoms with van der Waals surface area (Å²) in [6.45, 7) is 8.21. The van der Waals surface area contributed by atoms with Crippen LogP contribution in [0.25, 0.3) is 0 Å². The molecule has 0 saturated carbocycles. The summed E-state index contributed by atoms with van der Waals surface area (Å²) < 4.78 is 0. The van der Waals surface area contributed by atoms with Crippen molar-refractivity contribution in [1.82, 2.24) is 15.5 Å². The van der Waals surface area contributed by atoms with Gasteiger partial charge in [-0.25, -0.2) is 4.79 Å². The minimum atomic E-state index is -1.10. The van der Waals surface area contributed by atoms with Crippen LogP contribution in [0.1, 0.15) is 34.6 Å². The number of aliphatic carboxylic acids is 1. The van der Waals surface area contributed by atoms with Crippen LogP contribution in [0.3, 0.4) is 0 Å². The fraction of sp³-hybridized carbons (Fsp3) is 0.750. The lowest BCUT2D eigenvalue weighted by molar-refractivity contribution is -0.138. The highest BCUT2D eigenvalue weighted by atomic mass is 16.4. The molecule has 110 valence electrons. The van der Waals surface area contributed by atoms with E-state index >= 15 is 0 Å². The van der Waals surface area contributed by atoms with E-state index in [0.717, 1.165) is 4.90 Å². The predicted molar refractivity (Wildman–Crippen MR) is 70.8 cm³/mol. The van der Waals surface area contributed by atoms with E-state index < -0.39 is 24.1 Å². The SMILES string of the molecule is CC(C)NC(=O)CNC(=O)N(CC(=O)O)C(C)(C)C. The molecular weight excluding hydrogens is 250 g/mol. The highest BCUT2D eigenvalue weighted by Crippen LogP contribution is 2.12. The van der Waals surface area contributed by atoms with Crippen molar-refractivity contribution in [3.63, 3.8) is 0 Å². The van der Waals surface area contributed by atoms with Crippen molar-refractivity contribution in [2.24, 2.45) is 0 Å². The second-order valence-corrected chi connectivity index (χ2v) is 5.53. The van der Waals surface area contributed by atoms with Gasteiger partial charge in [0, 0.05) is 11.6 Å². The number of hydrogen-bond acceptors (Lipinski definition) is 3. The summed E-state index contributed by atoms with van der Waals surface area (Å²) in [6, 6.07) is -0.587. The largest absolute Gasteiger partial charge is 0.480 e. The average molecular weight is 273 g/mol. The normalized spacial score (nSPS) is 11.1. The lowest BCUT2D eigenvalue weighted by atomic mass is 10.1. The van der Waals surface area contributed by atoms with Crippen LogP contribution in [-0.4, -0.2) is 52.6 Å². The van der Waals surface area contributed by atoms with Crippen molar-refractivity contribution in [1.29, 1.82) is 0 Å². The molecule has 0 unspecified atom stereocenters. The maximum atomic E-state index is 11.9. The number of carbonyl (C=O) groups is 3. The smallest absolute Gasteiger partial charge is 0.323 e. The molecule has 0 bridgehead atoms. The third-order valence-corrected chi connectivity index (χ3v) is 2.20. The fourth-order valence-electron chi connectivity index (χ4n) is 1.37. The third-order valence-electron chi connectivity index (χ3n) is 2.20. The van der Waals surface area contributed by atoms with Gasteiger partial charge in [0.25, 0.3) is 0 Å². The summed E-state index contributed by atoms with van der Waals surface area (Å²) in [6.07, 6.45) is 0. The molecule has 0 aliphatic rings. The third kappa shape index (κ3) is 7.28. The molecule has 0 saturated heterocycles. The van der Waals surface area contributed by atoms with Crippen molar-refractivity contribution in [2.75, 3.05) is 13.1 Å². The first-order valence-corrected chi connectivity index (χ1v) is 6.10. The van der Waals surface area contributed by atoms with Gasteiger partial charge in [-0.1, -0.05) is 0 Å². The molecule has 0 radical (unpaired) electrons. The van der Waals surface area contributed by atoms with Gasteiger partial charge in [0.15, 0.2) is 0 Å². The molecule has 0 aromatic rings. The summed E-state index contributed by atoms with van der Waals surface area (Å²) in [5.74, 6) is -1.41. The van der Waals surface area contributed by atoms with Crippen molar-refractivity contribution in [3.8, 4) is 0 Å². The Kier molecular flexibility index (Phi) is 6.31. The predicted octanol–water partition coefficient (Wildman–Crippen LogP) is 0.406. The molecule has 0 aliphatic carbocycles. The van der Waals surface area contributed by atoms with E-state index in [2.05, 4.69) is 10.6 Å². The van der Waals surface area contributed by atoms with Crippen molar-refractivity contribution in [2.45, 2.75) is 46.2 Å². The molecule has 0 heterocycles. The number of carboxylic acids is 1. The van der Waals surface area contributed by atoms with Crippen molar-refractivity contribution >= 4 is 17.9 Å². The van der Waals surface area contributed by atoms with Crippen LogP contribution in [0, 0.1) is 0 Å². The van der Waals surface area contributed by atoms with E-state index in [4.69, 9.17) is 5.11 Å². The van der Waals surface area contributed by atoms with Gasteiger partial charge in [-0.15, -0.1) is 0 Å². The molecule has 7 heteroatoms. The number of rotatable bonds is 5. The van der Waals surface area contributed by atoms with Gasteiger partial charge in [-0.2, -0.15) is 0 Å². The Morgan fingerprint density at radius 2 is 1.74 bits per heavy atom. The van der Waals surface area contributed by atoms with Gasteiger partial charge < -0.3 is 20.6 Å². The summed E-state index contributed by atoms with van der Waals surface area (Å²) in [5, 5.41) is 13.8. The molecule has 19 heavy (non-hydrogen) atoms.